The smallest absolute Gasteiger partial charge is 0.394 e. The fourth-order valence-electron chi connectivity index (χ4n) is 2.08. The van der Waals surface area contributed by atoms with Crippen LogP contribution in [0.3, 0.4) is 0 Å². The van der Waals surface area contributed by atoms with Crippen LogP contribution < -0.4 is 0 Å². The molecular formula is C10H33NO9S. The van der Waals surface area contributed by atoms with Gasteiger partial charge in [0.05, 0.1) is 0 Å². The van der Waals surface area contributed by atoms with Crippen molar-refractivity contribution in [1.82, 2.24) is 4.90 Å². The molecule has 1 saturated heterocycles. The predicted octanol–water partition coefficient (Wildman–Crippen LogP) is -2.12. The zero-order valence-electron chi connectivity index (χ0n) is 12.6. The Balaban J connectivity index is -0.0000000506. The normalized spacial score (nSPS) is 16.5. The Morgan fingerprint density at radius 2 is 1.48 bits per heavy atom. The Bertz CT molecular complexity index is 266. The van der Waals surface area contributed by atoms with Gasteiger partial charge in [-0.25, -0.2) is 0 Å². The van der Waals surface area contributed by atoms with Crippen LogP contribution in [0.1, 0.15) is 46.0 Å². The van der Waals surface area contributed by atoms with E-state index in [0.29, 0.717) is 0 Å². The number of hydrogen-bond acceptors (Lipinski definition) is 3. The summed E-state index contributed by atoms with van der Waals surface area (Å²) < 4.78 is 31.6. The Kier molecular flexibility index (Phi) is 34.7. The number of likely N-dealkylation sites (tertiary alicyclic amines) is 1. The third-order valence-electron chi connectivity index (χ3n) is 2.80. The van der Waals surface area contributed by atoms with E-state index in [-0.39, 0.29) is 27.4 Å². The number of unbranched alkanes of at least 4 members (excludes halogenated alkanes) is 1. The van der Waals surface area contributed by atoms with Gasteiger partial charge in [0.1, 0.15) is 0 Å². The largest absolute Gasteiger partial charge is 0.412 e. The molecular weight excluding hydrogens is 310 g/mol. The van der Waals surface area contributed by atoms with Gasteiger partial charge in [0.2, 0.25) is 0 Å². The molecule has 0 radical (unpaired) electrons. The lowest BCUT2D eigenvalue weighted by Gasteiger charge is -2.22. The third kappa shape index (κ3) is 25.0. The molecule has 12 N–H and O–H groups in total. The Hall–Kier alpha value is -0.370. The van der Waals surface area contributed by atoms with Crippen LogP contribution in [0.25, 0.3) is 0 Å². The topological polar surface area (TPSA) is 235 Å². The summed E-state index contributed by atoms with van der Waals surface area (Å²) >= 11 is 0. The second-order valence-electron chi connectivity index (χ2n) is 4.01. The van der Waals surface area contributed by atoms with E-state index >= 15 is 0 Å². The highest BCUT2D eigenvalue weighted by molar-refractivity contribution is 7.79. The van der Waals surface area contributed by atoms with Crippen molar-refractivity contribution in [3.05, 3.63) is 0 Å². The summed E-state index contributed by atoms with van der Waals surface area (Å²) in [5.74, 6) is 0. The molecule has 1 atom stereocenters. The van der Waals surface area contributed by atoms with Crippen LogP contribution in [-0.4, -0.2) is 68.9 Å². The molecule has 1 heterocycles. The minimum absolute atomic E-state index is 0. The van der Waals surface area contributed by atoms with Crippen molar-refractivity contribution in [2.45, 2.75) is 52.0 Å². The minimum atomic E-state index is -4.67. The molecule has 11 heteroatoms. The van der Waals surface area contributed by atoms with Crippen molar-refractivity contribution < 1.29 is 44.9 Å². The molecule has 1 aliphatic rings. The van der Waals surface area contributed by atoms with Crippen molar-refractivity contribution in [2.75, 3.05) is 13.1 Å². The van der Waals surface area contributed by atoms with E-state index in [1.54, 1.807) is 0 Å². The van der Waals surface area contributed by atoms with Crippen LogP contribution in [0.4, 0.5) is 0 Å². The molecule has 1 aliphatic heterocycles. The van der Waals surface area contributed by atoms with Gasteiger partial charge in [0.15, 0.2) is 0 Å². The monoisotopic (exact) mass is 343 g/mol. The zero-order chi connectivity index (χ0) is 12.6. The average molecular weight is 343 g/mol. The van der Waals surface area contributed by atoms with Gasteiger partial charge in [0, 0.05) is 6.04 Å². The second kappa shape index (κ2) is 19.6. The van der Waals surface area contributed by atoms with E-state index < -0.39 is 10.4 Å². The van der Waals surface area contributed by atoms with Gasteiger partial charge in [-0.2, -0.15) is 8.42 Å². The van der Waals surface area contributed by atoms with Gasteiger partial charge >= 0.3 is 10.4 Å². The summed E-state index contributed by atoms with van der Waals surface area (Å²) in [5.41, 5.74) is 0. The van der Waals surface area contributed by atoms with Crippen molar-refractivity contribution in [2.24, 2.45) is 0 Å². The minimum Gasteiger partial charge on any atom is -0.412 e. The van der Waals surface area contributed by atoms with Crippen LogP contribution >= 0.6 is 0 Å². The van der Waals surface area contributed by atoms with Gasteiger partial charge < -0.3 is 32.3 Å². The number of hydrogen-bond donors (Lipinski definition) is 2. The SMILES string of the molecule is CCCCC1CCCN1CC.O.O.O.O.O.O=S(=O)(O)O. The summed E-state index contributed by atoms with van der Waals surface area (Å²) in [6, 6.07) is 0.931. The van der Waals surface area contributed by atoms with E-state index in [9.17, 15) is 0 Å². The molecule has 0 aliphatic carbocycles. The highest BCUT2D eigenvalue weighted by atomic mass is 32.3. The molecule has 0 saturated carbocycles. The Morgan fingerprint density at radius 1 is 1.05 bits per heavy atom. The first kappa shape index (κ1) is 37.1. The first-order valence-electron chi connectivity index (χ1n) is 5.82. The fraction of sp³-hybridized carbons (Fsp3) is 1.00. The second-order valence-corrected chi connectivity index (χ2v) is 4.91. The molecule has 21 heavy (non-hydrogen) atoms. The van der Waals surface area contributed by atoms with Gasteiger partial charge in [-0.1, -0.05) is 26.7 Å². The lowest BCUT2D eigenvalue weighted by atomic mass is 10.1. The Labute approximate surface area is 126 Å². The van der Waals surface area contributed by atoms with Crippen molar-refractivity contribution >= 4 is 10.4 Å². The molecule has 1 rings (SSSR count). The van der Waals surface area contributed by atoms with E-state index in [1.807, 2.05) is 0 Å². The molecule has 0 spiro atoms. The molecule has 0 aromatic heterocycles. The number of nitrogens with zero attached hydrogens (tertiary/aromatic N) is 1. The highest BCUT2D eigenvalue weighted by Crippen LogP contribution is 2.20. The fourth-order valence-corrected chi connectivity index (χ4v) is 2.08. The average Bonchev–Trinajstić information content (AvgIpc) is 2.59. The predicted molar refractivity (Wildman–Crippen MR) is 82.0 cm³/mol. The van der Waals surface area contributed by atoms with E-state index in [2.05, 4.69) is 18.7 Å². The van der Waals surface area contributed by atoms with Crippen LogP contribution in [0.5, 0.6) is 0 Å². The maximum absolute atomic E-state index is 8.74. The van der Waals surface area contributed by atoms with E-state index in [1.165, 1.54) is 45.2 Å². The van der Waals surface area contributed by atoms with Crippen LogP contribution in [-0.2, 0) is 10.4 Å². The van der Waals surface area contributed by atoms with Gasteiger partial charge in [-0.3, -0.25) is 9.11 Å². The molecule has 1 fully saturated rings. The maximum atomic E-state index is 8.74. The molecule has 0 aromatic rings. The van der Waals surface area contributed by atoms with Crippen molar-refractivity contribution in [3.63, 3.8) is 0 Å². The van der Waals surface area contributed by atoms with Crippen LogP contribution in [0, 0.1) is 0 Å². The summed E-state index contributed by atoms with van der Waals surface area (Å²) in [5, 5.41) is 0. The van der Waals surface area contributed by atoms with Gasteiger partial charge in [-0.15, -0.1) is 0 Å². The third-order valence-corrected chi connectivity index (χ3v) is 2.80. The highest BCUT2D eigenvalue weighted by Gasteiger charge is 2.21. The lowest BCUT2D eigenvalue weighted by Crippen LogP contribution is -2.28. The molecule has 0 aromatic carbocycles. The first-order chi connectivity index (χ1) is 7.38. The van der Waals surface area contributed by atoms with E-state index in [4.69, 9.17) is 17.5 Å². The lowest BCUT2D eigenvalue weighted by molar-refractivity contribution is 0.252. The summed E-state index contributed by atoms with van der Waals surface area (Å²) in [6.07, 6.45) is 7.09. The summed E-state index contributed by atoms with van der Waals surface area (Å²) in [6.45, 7) is 7.18. The quantitative estimate of drug-likeness (QED) is 0.543. The summed E-state index contributed by atoms with van der Waals surface area (Å²) in [4.78, 5) is 2.63. The van der Waals surface area contributed by atoms with Crippen molar-refractivity contribution in [3.8, 4) is 0 Å². The van der Waals surface area contributed by atoms with Crippen molar-refractivity contribution in [1.29, 1.82) is 0 Å². The molecule has 0 bridgehead atoms. The molecule has 1 unspecified atom stereocenters. The van der Waals surface area contributed by atoms with E-state index in [0.717, 1.165) is 6.04 Å². The Morgan fingerprint density at radius 3 is 1.81 bits per heavy atom. The van der Waals surface area contributed by atoms with Crippen LogP contribution in [0.15, 0.2) is 0 Å². The van der Waals surface area contributed by atoms with Gasteiger partial charge in [-0.05, 0) is 32.4 Å². The molecule has 0 amide bonds. The van der Waals surface area contributed by atoms with Gasteiger partial charge in [0.25, 0.3) is 0 Å². The molecule has 10 nitrogen and oxygen atoms in total. The first-order valence-corrected chi connectivity index (χ1v) is 7.22. The zero-order valence-corrected chi connectivity index (χ0v) is 13.4. The standard InChI is InChI=1S/C10H21N.H2O4S.5H2O/c1-3-5-7-10-8-6-9-11(10)4-2;1-5(2,3)4;;;;;/h10H,3-9H2,1-2H3;(H2,1,2,3,4);5*1H2. The molecule has 138 valence electrons. The maximum Gasteiger partial charge on any atom is 0.394 e. The van der Waals surface area contributed by atoms with Crippen LogP contribution in [0.2, 0.25) is 0 Å². The summed E-state index contributed by atoms with van der Waals surface area (Å²) in [7, 11) is -4.67. The number of rotatable bonds is 4.